The molecule has 0 bridgehead atoms. The van der Waals surface area contributed by atoms with Gasteiger partial charge in [-0.3, -0.25) is 4.79 Å². The lowest BCUT2D eigenvalue weighted by Gasteiger charge is -2.27. The zero-order chi connectivity index (χ0) is 17.1. The van der Waals surface area contributed by atoms with Crippen LogP contribution in [0.3, 0.4) is 0 Å². The Hall–Kier alpha value is -1.89. The number of carbonyl (C=O) groups is 1. The molecule has 1 heteroatoms. The number of carbonyl (C=O) groups excluding carboxylic acids is 1. The molecule has 0 amide bonds. The zero-order valence-electron chi connectivity index (χ0n) is 15.0. The van der Waals surface area contributed by atoms with Crippen LogP contribution in [0.1, 0.15) is 67.6 Å². The van der Waals surface area contributed by atoms with Crippen molar-refractivity contribution in [2.75, 3.05) is 0 Å². The van der Waals surface area contributed by atoms with Crippen LogP contribution in [0.15, 0.2) is 54.6 Å². The lowest BCUT2D eigenvalue weighted by Crippen LogP contribution is -2.15. The predicted octanol–water partition coefficient (Wildman–Crippen LogP) is 5.92. The number of hydrogen-bond donors (Lipinski definition) is 0. The maximum atomic E-state index is 12.6. The fourth-order valence-electron chi connectivity index (χ4n) is 4.90. The number of benzene rings is 2. The first kappa shape index (κ1) is 16.6. The Morgan fingerprint density at radius 3 is 2.16 bits per heavy atom. The van der Waals surface area contributed by atoms with E-state index in [-0.39, 0.29) is 5.92 Å². The van der Waals surface area contributed by atoms with E-state index in [1.54, 1.807) is 0 Å². The zero-order valence-corrected chi connectivity index (χ0v) is 15.0. The number of rotatable bonds is 4. The molecule has 2 unspecified atom stereocenters. The molecule has 4 rings (SSSR count). The summed E-state index contributed by atoms with van der Waals surface area (Å²) in [6, 6.07) is 19.4. The van der Waals surface area contributed by atoms with Gasteiger partial charge in [0.25, 0.3) is 0 Å². The standard InChI is InChI=1S/C24H28O/c25-24-17-22(20-9-5-2-6-10-20)16-23(24)21-13-11-19(12-14-21)15-18-7-3-1-4-8-18/h1,3-4,7-8,11-14,20,22-23H,2,5-6,9-10,15-17H2. The van der Waals surface area contributed by atoms with Gasteiger partial charge < -0.3 is 0 Å². The van der Waals surface area contributed by atoms with E-state index in [2.05, 4.69) is 54.6 Å². The van der Waals surface area contributed by atoms with Crippen LogP contribution in [-0.4, -0.2) is 5.78 Å². The fraction of sp³-hybridized carbons (Fsp3) is 0.458. The topological polar surface area (TPSA) is 17.1 Å². The molecule has 2 aliphatic rings. The molecule has 2 atom stereocenters. The summed E-state index contributed by atoms with van der Waals surface area (Å²) in [5.74, 6) is 2.07. The Bertz CT molecular complexity index is 695. The first-order valence-electron chi connectivity index (χ1n) is 9.95. The number of ketones is 1. The monoisotopic (exact) mass is 332 g/mol. The van der Waals surface area contributed by atoms with E-state index in [1.165, 1.54) is 48.8 Å². The average Bonchev–Trinajstić information content (AvgIpc) is 3.06. The van der Waals surface area contributed by atoms with Gasteiger partial charge in [-0.15, -0.1) is 0 Å². The molecule has 0 aromatic heterocycles. The molecule has 2 aromatic rings. The van der Waals surface area contributed by atoms with E-state index in [4.69, 9.17) is 0 Å². The lowest BCUT2D eigenvalue weighted by molar-refractivity contribution is -0.118. The summed E-state index contributed by atoms with van der Waals surface area (Å²) in [5.41, 5.74) is 3.90. The lowest BCUT2D eigenvalue weighted by atomic mass is 9.78. The SMILES string of the molecule is O=C1CC(C2CCCCC2)CC1c1ccc(Cc2ccccc2)cc1. The van der Waals surface area contributed by atoms with Crippen molar-refractivity contribution < 1.29 is 4.79 Å². The molecule has 2 aromatic carbocycles. The molecule has 0 radical (unpaired) electrons. The van der Waals surface area contributed by atoms with E-state index in [0.29, 0.717) is 11.7 Å². The summed E-state index contributed by atoms with van der Waals surface area (Å²) in [6.45, 7) is 0. The quantitative estimate of drug-likeness (QED) is 0.679. The summed E-state index contributed by atoms with van der Waals surface area (Å²) >= 11 is 0. The highest BCUT2D eigenvalue weighted by molar-refractivity contribution is 5.88. The molecule has 0 heterocycles. The van der Waals surface area contributed by atoms with Crippen molar-refractivity contribution in [1.82, 2.24) is 0 Å². The molecule has 0 saturated heterocycles. The van der Waals surface area contributed by atoms with Gasteiger partial charge in [-0.25, -0.2) is 0 Å². The molecule has 2 aliphatic carbocycles. The maximum Gasteiger partial charge on any atom is 0.140 e. The van der Waals surface area contributed by atoms with Crippen molar-refractivity contribution in [2.45, 2.75) is 57.3 Å². The van der Waals surface area contributed by atoms with Crippen LogP contribution in [-0.2, 0) is 11.2 Å². The fourth-order valence-corrected chi connectivity index (χ4v) is 4.90. The molecule has 130 valence electrons. The predicted molar refractivity (Wildman–Crippen MR) is 103 cm³/mol. The Labute approximate surface area is 151 Å². The van der Waals surface area contributed by atoms with Crippen LogP contribution in [0.4, 0.5) is 0 Å². The minimum Gasteiger partial charge on any atom is -0.299 e. The summed E-state index contributed by atoms with van der Waals surface area (Å²) < 4.78 is 0. The third kappa shape index (κ3) is 3.86. The van der Waals surface area contributed by atoms with Crippen LogP contribution in [0.25, 0.3) is 0 Å². The molecule has 1 nitrogen and oxygen atoms in total. The van der Waals surface area contributed by atoms with Crippen LogP contribution < -0.4 is 0 Å². The minimum absolute atomic E-state index is 0.151. The van der Waals surface area contributed by atoms with Gasteiger partial charge in [-0.05, 0) is 41.4 Å². The summed E-state index contributed by atoms with van der Waals surface area (Å²) in [7, 11) is 0. The van der Waals surface area contributed by atoms with Crippen LogP contribution in [0.5, 0.6) is 0 Å². The highest BCUT2D eigenvalue weighted by Gasteiger charge is 2.37. The number of hydrogen-bond acceptors (Lipinski definition) is 1. The molecular weight excluding hydrogens is 304 g/mol. The van der Waals surface area contributed by atoms with Gasteiger partial charge in [-0.1, -0.05) is 86.7 Å². The third-order valence-corrected chi connectivity index (χ3v) is 6.34. The molecule has 0 spiro atoms. The van der Waals surface area contributed by atoms with Gasteiger partial charge in [0.1, 0.15) is 5.78 Å². The Morgan fingerprint density at radius 1 is 0.760 bits per heavy atom. The summed E-state index contributed by atoms with van der Waals surface area (Å²) in [5, 5.41) is 0. The first-order valence-corrected chi connectivity index (χ1v) is 9.95. The van der Waals surface area contributed by atoms with Gasteiger partial charge in [0.15, 0.2) is 0 Å². The normalized spacial score (nSPS) is 24.6. The van der Waals surface area contributed by atoms with E-state index in [1.807, 2.05) is 0 Å². The largest absolute Gasteiger partial charge is 0.299 e. The summed E-state index contributed by atoms with van der Waals surface area (Å²) in [6.07, 6.45) is 9.69. The van der Waals surface area contributed by atoms with Gasteiger partial charge in [0.05, 0.1) is 0 Å². The molecule has 0 aliphatic heterocycles. The molecule has 2 fully saturated rings. The van der Waals surface area contributed by atoms with Crippen molar-refractivity contribution in [3.05, 3.63) is 71.3 Å². The van der Waals surface area contributed by atoms with Crippen LogP contribution in [0.2, 0.25) is 0 Å². The van der Waals surface area contributed by atoms with E-state index >= 15 is 0 Å². The van der Waals surface area contributed by atoms with Crippen molar-refractivity contribution in [2.24, 2.45) is 11.8 Å². The smallest absolute Gasteiger partial charge is 0.140 e. The van der Waals surface area contributed by atoms with Gasteiger partial charge in [0.2, 0.25) is 0 Å². The van der Waals surface area contributed by atoms with Gasteiger partial charge in [0, 0.05) is 12.3 Å². The number of Topliss-reactive ketones (excluding diaryl/α,β-unsaturated/α-hetero) is 1. The van der Waals surface area contributed by atoms with Gasteiger partial charge >= 0.3 is 0 Å². The second-order valence-corrected chi connectivity index (χ2v) is 8.02. The highest BCUT2D eigenvalue weighted by atomic mass is 16.1. The average molecular weight is 332 g/mol. The van der Waals surface area contributed by atoms with E-state index in [9.17, 15) is 4.79 Å². The van der Waals surface area contributed by atoms with E-state index < -0.39 is 0 Å². The van der Waals surface area contributed by atoms with Crippen molar-refractivity contribution in [3.63, 3.8) is 0 Å². The molecule has 2 saturated carbocycles. The highest BCUT2D eigenvalue weighted by Crippen LogP contribution is 2.43. The van der Waals surface area contributed by atoms with Crippen molar-refractivity contribution >= 4 is 5.78 Å². The molecule has 0 N–H and O–H groups in total. The van der Waals surface area contributed by atoms with Crippen molar-refractivity contribution in [1.29, 1.82) is 0 Å². The second-order valence-electron chi connectivity index (χ2n) is 8.02. The Balaban J connectivity index is 1.42. The third-order valence-electron chi connectivity index (χ3n) is 6.34. The summed E-state index contributed by atoms with van der Waals surface area (Å²) in [4.78, 5) is 12.6. The molecule has 25 heavy (non-hydrogen) atoms. The first-order chi connectivity index (χ1) is 12.3. The Morgan fingerprint density at radius 2 is 1.44 bits per heavy atom. The molecular formula is C24H28O. The van der Waals surface area contributed by atoms with Crippen LogP contribution in [0, 0.1) is 11.8 Å². The second kappa shape index (κ2) is 7.56. The van der Waals surface area contributed by atoms with E-state index in [0.717, 1.165) is 25.2 Å². The van der Waals surface area contributed by atoms with Crippen LogP contribution >= 0.6 is 0 Å². The maximum absolute atomic E-state index is 12.6. The van der Waals surface area contributed by atoms with Crippen molar-refractivity contribution in [3.8, 4) is 0 Å². The van der Waals surface area contributed by atoms with Gasteiger partial charge in [-0.2, -0.15) is 0 Å². The minimum atomic E-state index is 0.151. The Kier molecular flexibility index (Phi) is 5.01.